The van der Waals surface area contributed by atoms with Gasteiger partial charge in [0.25, 0.3) is 5.56 Å². The van der Waals surface area contributed by atoms with Crippen LogP contribution in [0.5, 0.6) is 11.5 Å². The van der Waals surface area contributed by atoms with Crippen molar-refractivity contribution in [2.24, 2.45) is 0 Å². The Morgan fingerprint density at radius 1 is 1.13 bits per heavy atom. The summed E-state index contributed by atoms with van der Waals surface area (Å²) >= 11 is 0. The van der Waals surface area contributed by atoms with Gasteiger partial charge in [0, 0.05) is 12.2 Å². The highest BCUT2D eigenvalue weighted by atomic mass is 16.5. The normalized spacial score (nSPS) is 13.0. The third kappa shape index (κ3) is 4.52. The number of nitrogens with zero attached hydrogens (tertiary/aromatic N) is 3. The summed E-state index contributed by atoms with van der Waals surface area (Å²) in [6, 6.07) is 7.55. The second-order valence-electron chi connectivity index (χ2n) is 7.64. The molecule has 0 spiro atoms. The highest BCUT2D eigenvalue weighted by Gasteiger charge is 2.15. The second-order valence-corrected chi connectivity index (χ2v) is 7.64. The molecule has 0 saturated heterocycles. The zero-order valence-corrected chi connectivity index (χ0v) is 17.8. The molecule has 4 rings (SSSR count). The number of aromatic nitrogens is 3. The van der Waals surface area contributed by atoms with Crippen LogP contribution in [0.4, 0.5) is 0 Å². The number of fused-ring (bicyclic) bond motifs is 2. The molecular weight excluding hydrogens is 396 g/mol. The van der Waals surface area contributed by atoms with Gasteiger partial charge in [0.15, 0.2) is 17.1 Å². The number of nitrogens with one attached hydrogen (secondary N) is 1. The summed E-state index contributed by atoms with van der Waals surface area (Å²) in [5.74, 6) is 1.07. The first-order valence-electron chi connectivity index (χ1n) is 10.4. The van der Waals surface area contributed by atoms with E-state index in [9.17, 15) is 9.59 Å². The number of hydrogen-bond donors (Lipinski definition) is 1. The van der Waals surface area contributed by atoms with Gasteiger partial charge in [-0.05, 0) is 61.4 Å². The second kappa shape index (κ2) is 9.16. The molecule has 0 radical (unpaired) electrons. The molecule has 0 fully saturated rings. The number of amides is 1. The van der Waals surface area contributed by atoms with Crippen molar-refractivity contribution in [3.63, 3.8) is 0 Å². The maximum atomic E-state index is 12.9. The van der Waals surface area contributed by atoms with E-state index in [1.807, 2.05) is 24.3 Å². The van der Waals surface area contributed by atoms with Crippen LogP contribution in [0.2, 0.25) is 0 Å². The molecule has 0 unspecified atom stereocenters. The summed E-state index contributed by atoms with van der Waals surface area (Å²) in [4.78, 5) is 34.1. The van der Waals surface area contributed by atoms with Crippen molar-refractivity contribution >= 4 is 16.9 Å². The zero-order valence-electron chi connectivity index (χ0n) is 17.8. The predicted molar refractivity (Wildman–Crippen MR) is 117 cm³/mol. The van der Waals surface area contributed by atoms with E-state index < -0.39 is 0 Å². The van der Waals surface area contributed by atoms with Gasteiger partial charge < -0.3 is 14.8 Å². The van der Waals surface area contributed by atoms with E-state index in [-0.39, 0.29) is 18.0 Å². The summed E-state index contributed by atoms with van der Waals surface area (Å²) in [7, 11) is 3.18. The van der Waals surface area contributed by atoms with Crippen LogP contribution in [0.3, 0.4) is 0 Å². The lowest BCUT2D eigenvalue weighted by Crippen LogP contribution is -2.33. The molecule has 162 valence electrons. The fraction of sp³-hybridized carbons (Fsp3) is 0.391. The Morgan fingerprint density at radius 3 is 2.74 bits per heavy atom. The molecule has 2 aromatic heterocycles. The fourth-order valence-electron chi connectivity index (χ4n) is 3.92. The first kappa shape index (κ1) is 20.8. The van der Waals surface area contributed by atoms with E-state index >= 15 is 0 Å². The van der Waals surface area contributed by atoms with E-state index in [4.69, 9.17) is 9.47 Å². The lowest BCUT2D eigenvalue weighted by Gasteiger charge is -2.15. The third-order valence-corrected chi connectivity index (χ3v) is 5.59. The minimum Gasteiger partial charge on any atom is -0.493 e. The number of rotatable bonds is 7. The monoisotopic (exact) mass is 422 g/mol. The Balaban J connectivity index is 1.40. The van der Waals surface area contributed by atoms with E-state index in [1.165, 1.54) is 10.9 Å². The maximum absolute atomic E-state index is 12.9. The van der Waals surface area contributed by atoms with Gasteiger partial charge in [-0.1, -0.05) is 6.07 Å². The van der Waals surface area contributed by atoms with Gasteiger partial charge in [-0.25, -0.2) is 9.97 Å². The van der Waals surface area contributed by atoms with Crippen LogP contribution in [0.25, 0.3) is 11.0 Å². The molecule has 31 heavy (non-hydrogen) atoms. The Hall–Kier alpha value is -3.42. The van der Waals surface area contributed by atoms with E-state index in [2.05, 4.69) is 15.3 Å². The van der Waals surface area contributed by atoms with Crippen LogP contribution in [0, 0.1) is 0 Å². The first-order valence-corrected chi connectivity index (χ1v) is 10.4. The minimum absolute atomic E-state index is 0.0786. The molecule has 0 aliphatic heterocycles. The summed E-state index contributed by atoms with van der Waals surface area (Å²) < 4.78 is 11.9. The molecule has 1 N–H and O–H groups in total. The number of ether oxygens (including phenoxy) is 2. The summed E-state index contributed by atoms with van der Waals surface area (Å²) in [5.41, 5.74) is 3.39. The van der Waals surface area contributed by atoms with Gasteiger partial charge in [0.1, 0.15) is 12.9 Å². The van der Waals surface area contributed by atoms with Crippen molar-refractivity contribution in [1.29, 1.82) is 0 Å². The number of pyridine rings is 1. The molecule has 8 nitrogen and oxygen atoms in total. The molecule has 1 amide bonds. The van der Waals surface area contributed by atoms with E-state index in [0.717, 1.165) is 42.5 Å². The van der Waals surface area contributed by atoms with Crippen molar-refractivity contribution in [2.45, 2.75) is 38.6 Å². The Bertz CT molecular complexity index is 1170. The number of hydrogen-bond acceptors (Lipinski definition) is 6. The van der Waals surface area contributed by atoms with Crippen LogP contribution in [0.1, 0.15) is 29.7 Å². The molecular formula is C23H26N4O4. The molecule has 0 atom stereocenters. The van der Waals surface area contributed by atoms with Gasteiger partial charge in [-0.2, -0.15) is 0 Å². The van der Waals surface area contributed by atoms with Gasteiger partial charge in [-0.15, -0.1) is 0 Å². The SMILES string of the molecule is COc1ccc(CCNC(=O)Cn2cnc3nc4c(cc3c2=O)CCCC4)cc1OC. The van der Waals surface area contributed by atoms with Gasteiger partial charge in [0.05, 0.1) is 19.6 Å². The van der Waals surface area contributed by atoms with Crippen molar-refractivity contribution in [3.8, 4) is 11.5 Å². The number of carbonyl (C=O) groups is 1. The van der Waals surface area contributed by atoms with E-state index in [0.29, 0.717) is 35.5 Å². The molecule has 1 aliphatic carbocycles. The molecule has 8 heteroatoms. The van der Waals surface area contributed by atoms with Crippen molar-refractivity contribution < 1.29 is 14.3 Å². The Labute approximate surface area is 180 Å². The minimum atomic E-state index is -0.241. The lowest BCUT2D eigenvalue weighted by molar-refractivity contribution is -0.121. The summed E-state index contributed by atoms with van der Waals surface area (Å²) in [6.07, 6.45) is 6.12. The largest absolute Gasteiger partial charge is 0.493 e. The molecule has 1 aliphatic rings. The summed E-state index contributed by atoms with van der Waals surface area (Å²) in [6.45, 7) is 0.365. The molecule has 2 heterocycles. The van der Waals surface area contributed by atoms with Crippen LogP contribution >= 0.6 is 0 Å². The van der Waals surface area contributed by atoms with Gasteiger partial charge in [-0.3, -0.25) is 14.2 Å². The topological polar surface area (TPSA) is 95.3 Å². The van der Waals surface area contributed by atoms with Crippen LogP contribution < -0.4 is 20.3 Å². The Morgan fingerprint density at radius 2 is 1.94 bits per heavy atom. The van der Waals surface area contributed by atoms with Crippen molar-refractivity contribution in [3.05, 3.63) is 57.8 Å². The summed E-state index contributed by atoms with van der Waals surface area (Å²) in [5, 5.41) is 3.33. The van der Waals surface area contributed by atoms with E-state index in [1.54, 1.807) is 14.2 Å². The zero-order chi connectivity index (χ0) is 21.8. The average Bonchev–Trinajstić information content (AvgIpc) is 2.80. The average molecular weight is 422 g/mol. The maximum Gasteiger partial charge on any atom is 0.263 e. The van der Waals surface area contributed by atoms with Crippen LogP contribution in [-0.2, 0) is 30.6 Å². The van der Waals surface area contributed by atoms with Crippen LogP contribution in [0.15, 0.2) is 35.4 Å². The van der Waals surface area contributed by atoms with Crippen molar-refractivity contribution in [1.82, 2.24) is 19.9 Å². The Kier molecular flexibility index (Phi) is 6.16. The lowest BCUT2D eigenvalue weighted by atomic mass is 9.95. The van der Waals surface area contributed by atoms with Gasteiger partial charge >= 0.3 is 0 Å². The number of methoxy groups -OCH3 is 2. The van der Waals surface area contributed by atoms with Crippen LogP contribution in [-0.4, -0.2) is 41.2 Å². The standard InChI is InChI=1S/C23H26N4O4/c1-30-19-8-7-15(11-20(19)31-2)9-10-24-21(28)13-27-14-25-22-17(23(27)29)12-16-5-3-4-6-18(16)26-22/h7-8,11-12,14H,3-6,9-10,13H2,1-2H3,(H,24,28). The molecule has 0 bridgehead atoms. The van der Waals surface area contributed by atoms with Gasteiger partial charge in [0.2, 0.25) is 5.91 Å². The highest BCUT2D eigenvalue weighted by Crippen LogP contribution is 2.27. The quantitative estimate of drug-likeness (QED) is 0.626. The first-order chi connectivity index (χ1) is 15.1. The molecule has 0 saturated carbocycles. The molecule has 3 aromatic rings. The predicted octanol–water partition coefficient (Wildman–Crippen LogP) is 2.05. The number of aryl methyl sites for hydroxylation is 2. The third-order valence-electron chi connectivity index (χ3n) is 5.59. The highest BCUT2D eigenvalue weighted by molar-refractivity contribution is 5.77. The van der Waals surface area contributed by atoms with Crippen molar-refractivity contribution in [2.75, 3.05) is 20.8 Å². The fourth-order valence-corrected chi connectivity index (χ4v) is 3.92. The molecule has 1 aromatic carbocycles. The number of carbonyl (C=O) groups excluding carboxylic acids is 1. The number of benzene rings is 1. The smallest absolute Gasteiger partial charge is 0.263 e.